The van der Waals surface area contributed by atoms with E-state index in [2.05, 4.69) is 24.2 Å². The molecule has 17 heavy (non-hydrogen) atoms. The standard InChI is InChI=1S/C13H25N3O/c1-12(7-8-16(2)10-12)9-15-11(17)13(14)5-3-4-6-13/h3-10,14H2,1-2H3,(H,15,17). The quantitative estimate of drug-likeness (QED) is 0.763. The summed E-state index contributed by atoms with van der Waals surface area (Å²) in [5.41, 5.74) is 5.77. The molecule has 0 radical (unpaired) electrons. The molecule has 2 aliphatic rings. The Morgan fingerprint density at radius 3 is 2.53 bits per heavy atom. The van der Waals surface area contributed by atoms with Crippen LogP contribution in [-0.4, -0.2) is 43.0 Å². The largest absolute Gasteiger partial charge is 0.354 e. The van der Waals surface area contributed by atoms with Crippen LogP contribution >= 0.6 is 0 Å². The second-order valence-electron chi connectivity index (χ2n) is 6.34. The van der Waals surface area contributed by atoms with Crippen LogP contribution < -0.4 is 11.1 Å². The molecule has 1 aliphatic heterocycles. The van der Waals surface area contributed by atoms with Crippen molar-refractivity contribution >= 4 is 5.91 Å². The van der Waals surface area contributed by atoms with E-state index in [0.717, 1.165) is 51.7 Å². The van der Waals surface area contributed by atoms with E-state index < -0.39 is 5.54 Å². The number of rotatable bonds is 3. The number of nitrogens with one attached hydrogen (secondary N) is 1. The van der Waals surface area contributed by atoms with E-state index in [1.807, 2.05) is 0 Å². The number of carbonyl (C=O) groups is 1. The molecular formula is C13H25N3O. The Morgan fingerprint density at radius 1 is 1.35 bits per heavy atom. The lowest BCUT2D eigenvalue weighted by Gasteiger charge is -2.28. The molecule has 2 rings (SSSR count). The predicted molar refractivity (Wildman–Crippen MR) is 68.6 cm³/mol. The van der Waals surface area contributed by atoms with Crippen molar-refractivity contribution in [3.05, 3.63) is 0 Å². The maximum absolute atomic E-state index is 12.1. The molecule has 1 saturated heterocycles. The molecule has 1 saturated carbocycles. The van der Waals surface area contributed by atoms with Gasteiger partial charge in [0.15, 0.2) is 0 Å². The molecule has 0 spiro atoms. The summed E-state index contributed by atoms with van der Waals surface area (Å²) in [7, 11) is 2.13. The third kappa shape index (κ3) is 2.80. The van der Waals surface area contributed by atoms with Gasteiger partial charge >= 0.3 is 0 Å². The maximum Gasteiger partial charge on any atom is 0.240 e. The molecule has 1 atom stereocenters. The number of nitrogens with two attached hydrogens (primary N) is 1. The molecule has 0 aromatic rings. The molecule has 1 unspecified atom stereocenters. The van der Waals surface area contributed by atoms with Crippen LogP contribution in [0.5, 0.6) is 0 Å². The molecule has 1 amide bonds. The molecular weight excluding hydrogens is 214 g/mol. The Kier molecular flexibility index (Phi) is 3.46. The first-order valence-electron chi connectivity index (χ1n) is 6.69. The SMILES string of the molecule is CN1CCC(C)(CNC(=O)C2(N)CCCC2)C1. The molecule has 4 nitrogen and oxygen atoms in total. The highest BCUT2D eigenvalue weighted by Crippen LogP contribution is 2.30. The summed E-state index contributed by atoms with van der Waals surface area (Å²) in [6.07, 6.45) is 5.01. The van der Waals surface area contributed by atoms with E-state index in [0.29, 0.717) is 0 Å². The van der Waals surface area contributed by atoms with Gasteiger partial charge in [-0.25, -0.2) is 0 Å². The van der Waals surface area contributed by atoms with Crippen molar-refractivity contribution in [3.8, 4) is 0 Å². The number of carbonyl (C=O) groups excluding carboxylic acids is 1. The van der Waals surface area contributed by atoms with Crippen LogP contribution in [0.25, 0.3) is 0 Å². The number of nitrogens with zero attached hydrogens (tertiary/aromatic N) is 1. The molecule has 0 bridgehead atoms. The lowest BCUT2D eigenvalue weighted by molar-refractivity contribution is -0.126. The number of hydrogen-bond donors (Lipinski definition) is 2. The topological polar surface area (TPSA) is 58.4 Å². The van der Waals surface area contributed by atoms with Gasteiger partial charge in [-0.1, -0.05) is 19.8 Å². The monoisotopic (exact) mass is 239 g/mol. The summed E-state index contributed by atoms with van der Waals surface area (Å²) < 4.78 is 0. The minimum Gasteiger partial charge on any atom is -0.354 e. The van der Waals surface area contributed by atoms with Gasteiger partial charge in [0, 0.05) is 13.1 Å². The fraction of sp³-hybridized carbons (Fsp3) is 0.923. The Labute approximate surface area is 104 Å². The maximum atomic E-state index is 12.1. The number of hydrogen-bond acceptors (Lipinski definition) is 3. The molecule has 3 N–H and O–H groups in total. The third-order valence-corrected chi connectivity index (χ3v) is 4.37. The van der Waals surface area contributed by atoms with Crippen LogP contribution in [-0.2, 0) is 4.79 Å². The first-order chi connectivity index (χ1) is 7.94. The van der Waals surface area contributed by atoms with Gasteiger partial charge in [0.1, 0.15) is 0 Å². The van der Waals surface area contributed by atoms with Crippen molar-refractivity contribution in [3.63, 3.8) is 0 Å². The molecule has 0 aromatic heterocycles. The van der Waals surface area contributed by atoms with E-state index in [1.54, 1.807) is 0 Å². The minimum absolute atomic E-state index is 0.0609. The summed E-state index contributed by atoms with van der Waals surface area (Å²) in [6, 6.07) is 0. The lowest BCUT2D eigenvalue weighted by Crippen LogP contribution is -2.53. The summed E-state index contributed by atoms with van der Waals surface area (Å²) >= 11 is 0. The van der Waals surface area contributed by atoms with E-state index >= 15 is 0 Å². The fourth-order valence-electron chi connectivity index (χ4n) is 3.12. The van der Waals surface area contributed by atoms with Gasteiger partial charge in [-0.15, -0.1) is 0 Å². The second-order valence-corrected chi connectivity index (χ2v) is 6.34. The highest BCUT2D eigenvalue weighted by molar-refractivity contribution is 5.86. The Balaban J connectivity index is 1.84. The summed E-state index contributed by atoms with van der Waals surface area (Å²) in [5.74, 6) is 0.0609. The van der Waals surface area contributed by atoms with E-state index in [-0.39, 0.29) is 11.3 Å². The van der Waals surface area contributed by atoms with E-state index in [9.17, 15) is 4.79 Å². The molecule has 1 heterocycles. The van der Waals surface area contributed by atoms with Crippen molar-refractivity contribution < 1.29 is 4.79 Å². The van der Waals surface area contributed by atoms with Crippen molar-refractivity contribution in [1.82, 2.24) is 10.2 Å². The van der Waals surface area contributed by atoms with Crippen molar-refractivity contribution in [2.45, 2.75) is 44.6 Å². The van der Waals surface area contributed by atoms with Gasteiger partial charge in [-0.05, 0) is 38.3 Å². The summed E-state index contributed by atoms with van der Waals surface area (Å²) in [5, 5.41) is 3.08. The summed E-state index contributed by atoms with van der Waals surface area (Å²) in [6.45, 7) is 5.19. The van der Waals surface area contributed by atoms with Gasteiger partial charge in [-0.2, -0.15) is 0 Å². The van der Waals surface area contributed by atoms with Crippen molar-refractivity contribution in [1.29, 1.82) is 0 Å². The number of likely N-dealkylation sites (tertiary alicyclic amines) is 1. The van der Waals surface area contributed by atoms with Crippen LogP contribution in [0.1, 0.15) is 39.0 Å². The molecule has 1 aliphatic carbocycles. The van der Waals surface area contributed by atoms with Crippen LogP contribution in [0, 0.1) is 5.41 Å². The third-order valence-electron chi connectivity index (χ3n) is 4.37. The average molecular weight is 239 g/mol. The Hall–Kier alpha value is -0.610. The van der Waals surface area contributed by atoms with E-state index in [1.165, 1.54) is 0 Å². The van der Waals surface area contributed by atoms with Crippen molar-refractivity contribution in [2.75, 3.05) is 26.7 Å². The van der Waals surface area contributed by atoms with Crippen molar-refractivity contribution in [2.24, 2.45) is 11.1 Å². The zero-order valence-corrected chi connectivity index (χ0v) is 11.1. The van der Waals surface area contributed by atoms with Gasteiger partial charge < -0.3 is 16.0 Å². The zero-order valence-electron chi connectivity index (χ0n) is 11.1. The van der Waals surface area contributed by atoms with Gasteiger partial charge in [0.25, 0.3) is 0 Å². The highest BCUT2D eigenvalue weighted by atomic mass is 16.2. The van der Waals surface area contributed by atoms with E-state index in [4.69, 9.17) is 5.73 Å². The van der Waals surface area contributed by atoms with Crippen LogP contribution in [0.15, 0.2) is 0 Å². The highest BCUT2D eigenvalue weighted by Gasteiger charge is 2.39. The molecule has 2 fully saturated rings. The first-order valence-corrected chi connectivity index (χ1v) is 6.69. The predicted octanol–water partition coefficient (Wildman–Crippen LogP) is 0.716. The molecule has 98 valence electrons. The Morgan fingerprint density at radius 2 is 2.00 bits per heavy atom. The van der Waals surface area contributed by atoms with Gasteiger partial charge in [-0.3, -0.25) is 4.79 Å². The second kappa shape index (κ2) is 4.58. The Bertz CT molecular complexity index is 299. The van der Waals surface area contributed by atoms with Gasteiger partial charge in [0.05, 0.1) is 5.54 Å². The smallest absolute Gasteiger partial charge is 0.240 e. The number of amides is 1. The van der Waals surface area contributed by atoms with Crippen LogP contribution in [0.3, 0.4) is 0 Å². The molecule has 4 heteroatoms. The fourth-order valence-corrected chi connectivity index (χ4v) is 3.12. The van der Waals surface area contributed by atoms with Gasteiger partial charge in [0.2, 0.25) is 5.91 Å². The lowest BCUT2D eigenvalue weighted by atomic mass is 9.89. The molecule has 0 aromatic carbocycles. The van der Waals surface area contributed by atoms with Crippen LogP contribution in [0.2, 0.25) is 0 Å². The minimum atomic E-state index is -0.582. The summed E-state index contributed by atoms with van der Waals surface area (Å²) in [4.78, 5) is 14.4. The average Bonchev–Trinajstić information content (AvgIpc) is 2.84. The first kappa shape index (κ1) is 12.8. The zero-order chi connectivity index (χ0) is 12.5. The van der Waals surface area contributed by atoms with Crippen LogP contribution in [0.4, 0.5) is 0 Å². The normalized spacial score (nSPS) is 32.9.